The molecular weight excluding hydrogens is 340 g/mol. The van der Waals surface area contributed by atoms with E-state index < -0.39 is 0 Å². The molecule has 0 saturated carbocycles. The lowest BCUT2D eigenvalue weighted by Gasteiger charge is -2.16. The summed E-state index contributed by atoms with van der Waals surface area (Å²) in [5.41, 5.74) is 3.86. The Hall–Kier alpha value is -2.82. The SMILES string of the molecule is COc1ccc(C)cc1CCNC(=O)c1cccc(CN2CCCC2=O)c1. The second-order valence-electron chi connectivity index (χ2n) is 6.94. The maximum Gasteiger partial charge on any atom is 0.251 e. The van der Waals surface area contributed by atoms with Crippen molar-refractivity contribution in [1.29, 1.82) is 0 Å². The minimum atomic E-state index is -0.101. The molecule has 0 aromatic heterocycles. The Balaban J connectivity index is 1.57. The standard InChI is InChI=1S/C22H26N2O3/c1-16-8-9-20(27-2)18(13-16)10-11-23-22(26)19-6-3-5-17(14-19)15-24-12-4-7-21(24)25/h3,5-6,8-9,13-14H,4,7,10-12,15H2,1-2H3,(H,23,26). The van der Waals surface area contributed by atoms with Gasteiger partial charge in [-0.05, 0) is 49.1 Å². The average Bonchev–Trinajstić information content (AvgIpc) is 3.06. The first-order chi connectivity index (χ1) is 13.1. The first-order valence-electron chi connectivity index (χ1n) is 9.35. The summed E-state index contributed by atoms with van der Waals surface area (Å²) < 4.78 is 5.39. The number of rotatable bonds is 7. The molecule has 27 heavy (non-hydrogen) atoms. The number of nitrogens with zero attached hydrogens (tertiary/aromatic N) is 1. The zero-order valence-corrected chi connectivity index (χ0v) is 16.0. The minimum absolute atomic E-state index is 0.101. The quantitative estimate of drug-likeness (QED) is 0.819. The van der Waals surface area contributed by atoms with Crippen molar-refractivity contribution in [3.8, 4) is 5.75 Å². The second kappa shape index (κ2) is 8.71. The maximum absolute atomic E-state index is 12.5. The smallest absolute Gasteiger partial charge is 0.251 e. The number of nitrogens with one attached hydrogen (secondary N) is 1. The van der Waals surface area contributed by atoms with E-state index in [9.17, 15) is 9.59 Å². The molecule has 5 heteroatoms. The van der Waals surface area contributed by atoms with Gasteiger partial charge in [0, 0.05) is 31.6 Å². The lowest BCUT2D eigenvalue weighted by molar-refractivity contribution is -0.128. The summed E-state index contributed by atoms with van der Waals surface area (Å²) in [6.45, 7) is 3.94. The highest BCUT2D eigenvalue weighted by Gasteiger charge is 2.20. The molecule has 0 aliphatic carbocycles. The molecule has 2 aromatic rings. The van der Waals surface area contributed by atoms with Crippen LogP contribution in [0, 0.1) is 6.92 Å². The maximum atomic E-state index is 12.5. The molecule has 1 aliphatic rings. The van der Waals surface area contributed by atoms with Crippen LogP contribution in [0.3, 0.4) is 0 Å². The summed E-state index contributed by atoms with van der Waals surface area (Å²) >= 11 is 0. The molecule has 2 aromatic carbocycles. The second-order valence-corrected chi connectivity index (χ2v) is 6.94. The Kier molecular flexibility index (Phi) is 6.12. The fourth-order valence-electron chi connectivity index (χ4n) is 3.42. The van der Waals surface area contributed by atoms with Crippen LogP contribution in [-0.4, -0.2) is 36.9 Å². The summed E-state index contributed by atoms with van der Waals surface area (Å²) in [6, 6.07) is 13.5. The molecular formula is C22H26N2O3. The van der Waals surface area contributed by atoms with Gasteiger partial charge in [0.25, 0.3) is 5.91 Å². The summed E-state index contributed by atoms with van der Waals surface area (Å²) in [5, 5.41) is 2.97. The number of benzene rings is 2. The molecule has 1 fully saturated rings. The topological polar surface area (TPSA) is 58.6 Å². The first-order valence-corrected chi connectivity index (χ1v) is 9.35. The monoisotopic (exact) mass is 366 g/mol. The largest absolute Gasteiger partial charge is 0.496 e. The number of likely N-dealkylation sites (tertiary alicyclic amines) is 1. The predicted octanol–water partition coefficient (Wildman–Crippen LogP) is 3.10. The zero-order chi connectivity index (χ0) is 19.2. The van der Waals surface area contributed by atoms with Gasteiger partial charge in [-0.1, -0.05) is 29.8 Å². The van der Waals surface area contributed by atoms with Crippen LogP contribution in [0.15, 0.2) is 42.5 Å². The fraction of sp³-hybridized carbons (Fsp3) is 0.364. The molecule has 1 heterocycles. The van der Waals surface area contributed by atoms with Gasteiger partial charge < -0.3 is 15.0 Å². The van der Waals surface area contributed by atoms with E-state index in [0.29, 0.717) is 31.5 Å². The van der Waals surface area contributed by atoms with E-state index in [0.717, 1.165) is 29.8 Å². The third-order valence-electron chi connectivity index (χ3n) is 4.85. The number of hydrogen-bond acceptors (Lipinski definition) is 3. The highest BCUT2D eigenvalue weighted by Crippen LogP contribution is 2.20. The highest BCUT2D eigenvalue weighted by atomic mass is 16.5. The molecule has 1 aliphatic heterocycles. The van der Waals surface area contributed by atoms with Crippen LogP contribution < -0.4 is 10.1 Å². The van der Waals surface area contributed by atoms with Crippen LogP contribution in [-0.2, 0) is 17.8 Å². The Labute approximate surface area is 160 Å². The lowest BCUT2D eigenvalue weighted by Crippen LogP contribution is -2.26. The van der Waals surface area contributed by atoms with Gasteiger partial charge in [0.2, 0.25) is 5.91 Å². The Morgan fingerprint density at radius 3 is 2.81 bits per heavy atom. The van der Waals surface area contributed by atoms with Gasteiger partial charge in [0.05, 0.1) is 7.11 Å². The van der Waals surface area contributed by atoms with E-state index in [1.807, 2.05) is 42.2 Å². The molecule has 1 N–H and O–H groups in total. The van der Waals surface area contributed by atoms with Gasteiger partial charge in [-0.2, -0.15) is 0 Å². The third kappa shape index (κ3) is 4.88. The Bertz CT molecular complexity index is 832. The van der Waals surface area contributed by atoms with E-state index in [4.69, 9.17) is 4.74 Å². The molecule has 0 unspecified atom stereocenters. The van der Waals surface area contributed by atoms with Gasteiger partial charge in [-0.3, -0.25) is 9.59 Å². The molecule has 2 amide bonds. The van der Waals surface area contributed by atoms with E-state index in [-0.39, 0.29) is 11.8 Å². The van der Waals surface area contributed by atoms with E-state index in [1.165, 1.54) is 5.56 Å². The summed E-state index contributed by atoms with van der Waals surface area (Å²) in [7, 11) is 1.66. The highest BCUT2D eigenvalue weighted by molar-refractivity contribution is 5.94. The van der Waals surface area contributed by atoms with Crippen molar-refractivity contribution in [2.75, 3.05) is 20.2 Å². The van der Waals surface area contributed by atoms with Crippen LogP contribution in [0.5, 0.6) is 5.75 Å². The number of methoxy groups -OCH3 is 1. The van der Waals surface area contributed by atoms with Crippen molar-refractivity contribution >= 4 is 11.8 Å². The molecule has 3 rings (SSSR count). The van der Waals surface area contributed by atoms with Crippen LogP contribution in [0.1, 0.15) is 39.9 Å². The fourth-order valence-corrected chi connectivity index (χ4v) is 3.42. The van der Waals surface area contributed by atoms with Crippen molar-refractivity contribution in [3.05, 3.63) is 64.7 Å². The van der Waals surface area contributed by atoms with E-state index >= 15 is 0 Å². The van der Waals surface area contributed by atoms with Gasteiger partial charge in [-0.15, -0.1) is 0 Å². The van der Waals surface area contributed by atoms with Crippen molar-refractivity contribution in [2.45, 2.75) is 32.7 Å². The summed E-state index contributed by atoms with van der Waals surface area (Å²) in [4.78, 5) is 26.1. The molecule has 142 valence electrons. The number of hydrogen-bond donors (Lipinski definition) is 1. The van der Waals surface area contributed by atoms with Crippen LogP contribution in [0.4, 0.5) is 0 Å². The zero-order valence-electron chi connectivity index (χ0n) is 16.0. The average molecular weight is 366 g/mol. The van der Waals surface area contributed by atoms with Gasteiger partial charge in [-0.25, -0.2) is 0 Å². The van der Waals surface area contributed by atoms with Crippen molar-refractivity contribution in [1.82, 2.24) is 10.2 Å². The van der Waals surface area contributed by atoms with Crippen molar-refractivity contribution in [3.63, 3.8) is 0 Å². The van der Waals surface area contributed by atoms with Crippen molar-refractivity contribution < 1.29 is 14.3 Å². The summed E-state index contributed by atoms with van der Waals surface area (Å²) in [5.74, 6) is 0.931. The first kappa shape index (κ1) is 19.0. The molecule has 0 bridgehead atoms. The number of carbonyl (C=O) groups excluding carboxylic acids is 2. The van der Waals surface area contributed by atoms with Crippen LogP contribution in [0.25, 0.3) is 0 Å². The lowest BCUT2D eigenvalue weighted by atomic mass is 10.1. The van der Waals surface area contributed by atoms with Gasteiger partial charge in [0.15, 0.2) is 0 Å². The predicted molar refractivity (Wildman–Crippen MR) is 105 cm³/mol. The number of aryl methyl sites for hydroxylation is 1. The van der Waals surface area contributed by atoms with Crippen LogP contribution >= 0.6 is 0 Å². The minimum Gasteiger partial charge on any atom is -0.496 e. The number of amides is 2. The van der Waals surface area contributed by atoms with Gasteiger partial charge in [0.1, 0.15) is 5.75 Å². The molecule has 0 radical (unpaired) electrons. The summed E-state index contributed by atoms with van der Waals surface area (Å²) in [6.07, 6.45) is 2.25. The molecule has 0 spiro atoms. The molecule has 5 nitrogen and oxygen atoms in total. The third-order valence-corrected chi connectivity index (χ3v) is 4.85. The Morgan fingerprint density at radius 1 is 1.22 bits per heavy atom. The van der Waals surface area contributed by atoms with Crippen LogP contribution in [0.2, 0.25) is 0 Å². The van der Waals surface area contributed by atoms with E-state index in [2.05, 4.69) is 11.4 Å². The molecule has 0 atom stereocenters. The number of carbonyl (C=O) groups is 2. The van der Waals surface area contributed by atoms with Gasteiger partial charge >= 0.3 is 0 Å². The van der Waals surface area contributed by atoms with Crippen molar-refractivity contribution in [2.24, 2.45) is 0 Å². The normalized spacial score (nSPS) is 13.7. The molecule has 1 saturated heterocycles. The number of ether oxygens (including phenoxy) is 1. The van der Waals surface area contributed by atoms with E-state index in [1.54, 1.807) is 13.2 Å². The Morgan fingerprint density at radius 2 is 2.07 bits per heavy atom.